The number of hydrogen-bond acceptors (Lipinski definition) is 9. The molecule has 214 valence electrons. The molecule has 4 atom stereocenters. The number of likely N-dealkylation sites (tertiary alicyclic amines) is 1. The van der Waals surface area contributed by atoms with E-state index in [-0.39, 0.29) is 29.7 Å². The van der Waals surface area contributed by atoms with E-state index in [1.165, 1.54) is 6.42 Å². The van der Waals surface area contributed by atoms with Gasteiger partial charge in [0, 0.05) is 19.3 Å². The first-order valence-electron chi connectivity index (χ1n) is 14.5. The van der Waals surface area contributed by atoms with Crippen molar-refractivity contribution >= 4 is 11.8 Å². The number of pyridine rings is 1. The molecular formula is C28H33N9O4. The first kappa shape index (κ1) is 24.9. The van der Waals surface area contributed by atoms with E-state index >= 15 is 0 Å². The van der Waals surface area contributed by atoms with Gasteiger partial charge in [0.05, 0.1) is 42.4 Å². The van der Waals surface area contributed by atoms with Gasteiger partial charge in [-0.3, -0.25) is 9.59 Å². The quantitative estimate of drug-likeness (QED) is 0.490. The van der Waals surface area contributed by atoms with Crippen LogP contribution in [0.5, 0.6) is 5.75 Å². The molecule has 2 aliphatic heterocycles. The zero-order valence-corrected chi connectivity index (χ0v) is 22.8. The Morgan fingerprint density at radius 2 is 2.02 bits per heavy atom. The highest BCUT2D eigenvalue weighted by molar-refractivity contribution is 5.95. The fourth-order valence-corrected chi connectivity index (χ4v) is 8.64. The Balaban J connectivity index is 1.08. The van der Waals surface area contributed by atoms with Crippen molar-refractivity contribution in [1.82, 2.24) is 45.0 Å². The monoisotopic (exact) mass is 559 g/mol. The molecule has 6 aliphatic rings. The molecule has 1 N–H and O–H groups in total. The van der Waals surface area contributed by atoms with Gasteiger partial charge in [-0.1, -0.05) is 5.21 Å². The fraction of sp³-hybridized carbons (Fsp3) is 0.607. The Morgan fingerprint density at radius 3 is 2.85 bits per heavy atom. The number of hydrogen-bond donors (Lipinski definition) is 1. The highest BCUT2D eigenvalue weighted by Gasteiger charge is 2.63. The van der Waals surface area contributed by atoms with Crippen molar-refractivity contribution in [3.8, 4) is 5.75 Å². The number of aromatic nitrogens is 7. The standard InChI is InChI=1S/C28H33N9O4/c38-25-24-22(2-1-3-30-24)40-5-4-36-11-20(33-34-36)14-41-23-13-35(12-21(23)32-25)26(39)27-7-18-6-19(8-27)10-28(9-18,15-27)37-17-29-16-31-37/h1-3,11,16-19,21,23H,4-10,12-15H2,(H,32,38)/t18?,19?,21-,23-,27?,28?/m0/s1. The molecule has 2 unspecified atom stereocenters. The van der Waals surface area contributed by atoms with Crippen LogP contribution in [0.3, 0.4) is 0 Å². The van der Waals surface area contributed by atoms with Crippen molar-refractivity contribution in [3.63, 3.8) is 0 Å². The van der Waals surface area contributed by atoms with Gasteiger partial charge in [-0.2, -0.15) is 5.10 Å². The van der Waals surface area contributed by atoms with Gasteiger partial charge in [-0.25, -0.2) is 19.3 Å². The maximum Gasteiger partial charge on any atom is 0.274 e. The molecule has 9 rings (SSSR count). The number of fused-ring (bicyclic) bond motifs is 4. The minimum Gasteiger partial charge on any atom is -0.489 e. The van der Waals surface area contributed by atoms with Crippen molar-refractivity contribution < 1.29 is 19.1 Å². The highest BCUT2D eigenvalue weighted by Crippen LogP contribution is 2.64. The number of amides is 2. The van der Waals surface area contributed by atoms with Crippen molar-refractivity contribution in [3.05, 3.63) is 48.6 Å². The summed E-state index contributed by atoms with van der Waals surface area (Å²) in [6, 6.07) is 3.07. The second-order valence-electron chi connectivity index (χ2n) is 12.6. The number of ether oxygens (including phenoxy) is 2. The van der Waals surface area contributed by atoms with Crippen molar-refractivity contribution in [2.24, 2.45) is 17.3 Å². The van der Waals surface area contributed by atoms with Crippen molar-refractivity contribution in [2.45, 2.75) is 69.4 Å². The third kappa shape index (κ3) is 4.20. The molecule has 3 aromatic rings. The third-order valence-corrected chi connectivity index (χ3v) is 9.85. The second-order valence-corrected chi connectivity index (χ2v) is 12.6. The van der Waals surface area contributed by atoms with Crippen LogP contribution in [0.15, 0.2) is 37.2 Å². The van der Waals surface area contributed by atoms with Gasteiger partial charge in [0.2, 0.25) is 5.91 Å². The molecule has 2 amide bonds. The van der Waals surface area contributed by atoms with Gasteiger partial charge in [0.15, 0.2) is 11.4 Å². The molecule has 41 heavy (non-hydrogen) atoms. The molecule has 3 aromatic heterocycles. The summed E-state index contributed by atoms with van der Waals surface area (Å²) in [6.07, 6.45) is 12.3. The van der Waals surface area contributed by atoms with E-state index in [0.29, 0.717) is 49.5 Å². The Kier molecular flexibility index (Phi) is 5.66. The van der Waals surface area contributed by atoms with Crippen LogP contribution in [0.4, 0.5) is 0 Å². The van der Waals surface area contributed by atoms with Crippen LogP contribution in [0.25, 0.3) is 0 Å². The van der Waals surface area contributed by atoms with Crippen molar-refractivity contribution in [2.75, 3.05) is 19.7 Å². The van der Waals surface area contributed by atoms with Gasteiger partial charge in [-0.15, -0.1) is 5.10 Å². The van der Waals surface area contributed by atoms with Gasteiger partial charge < -0.3 is 19.7 Å². The Labute approximate surface area is 236 Å². The van der Waals surface area contributed by atoms with E-state index in [1.807, 2.05) is 22.1 Å². The summed E-state index contributed by atoms with van der Waals surface area (Å²) in [5.41, 5.74) is 0.327. The topological polar surface area (TPSA) is 142 Å². The molecule has 13 nitrogen and oxygen atoms in total. The fourth-order valence-electron chi connectivity index (χ4n) is 8.64. The smallest absolute Gasteiger partial charge is 0.274 e. The summed E-state index contributed by atoms with van der Waals surface area (Å²) in [4.78, 5) is 38.4. The molecule has 1 saturated heterocycles. The van der Waals surface area contributed by atoms with Crippen LogP contribution in [-0.2, 0) is 28.2 Å². The van der Waals surface area contributed by atoms with E-state index in [1.54, 1.807) is 29.3 Å². The van der Waals surface area contributed by atoms with Gasteiger partial charge in [0.1, 0.15) is 25.0 Å². The molecule has 5 heterocycles. The van der Waals surface area contributed by atoms with E-state index in [9.17, 15) is 9.59 Å². The molecule has 4 aliphatic carbocycles. The first-order chi connectivity index (χ1) is 20.0. The molecule has 4 saturated carbocycles. The van der Waals surface area contributed by atoms with E-state index < -0.39 is 17.6 Å². The summed E-state index contributed by atoms with van der Waals surface area (Å²) < 4.78 is 15.9. The molecule has 0 aromatic carbocycles. The molecular weight excluding hydrogens is 526 g/mol. The molecule has 0 radical (unpaired) electrons. The number of nitrogens with one attached hydrogen (secondary N) is 1. The van der Waals surface area contributed by atoms with Gasteiger partial charge >= 0.3 is 0 Å². The second kappa shape index (κ2) is 9.33. The lowest BCUT2D eigenvalue weighted by molar-refractivity contribution is -0.166. The minimum absolute atomic E-state index is 0.146. The molecule has 5 fully saturated rings. The van der Waals surface area contributed by atoms with Crippen LogP contribution in [0, 0.1) is 17.3 Å². The third-order valence-electron chi connectivity index (χ3n) is 9.85. The predicted octanol–water partition coefficient (Wildman–Crippen LogP) is 1.18. The molecule has 6 bridgehead atoms. The zero-order chi connectivity index (χ0) is 27.6. The van der Waals surface area contributed by atoms with Gasteiger partial charge in [-0.05, 0) is 62.5 Å². The van der Waals surface area contributed by atoms with Crippen LogP contribution in [0.2, 0.25) is 0 Å². The van der Waals surface area contributed by atoms with E-state index in [4.69, 9.17) is 9.47 Å². The number of carbonyl (C=O) groups is 2. The Bertz CT molecular complexity index is 1460. The molecule has 13 heteroatoms. The average Bonchev–Trinajstić information content (AvgIpc) is 3.73. The lowest BCUT2D eigenvalue weighted by atomic mass is 9.46. The van der Waals surface area contributed by atoms with Crippen LogP contribution in [-0.4, -0.2) is 83.3 Å². The van der Waals surface area contributed by atoms with Crippen LogP contribution < -0.4 is 10.1 Å². The SMILES string of the molecule is O=C1N[C@H]2CN(C(=O)C34CC5CC(C3)CC(n3cncn3)(C5)C4)C[C@@H]2OCc2cn(nn2)CCOc2cccnc21. The summed E-state index contributed by atoms with van der Waals surface area (Å²) >= 11 is 0. The summed E-state index contributed by atoms with van der Waals surface area (Å²) in [5.74, 6) is 1.25. The van der Waals surface area contributed by atoms with Gasteiger partial charge in [0.25, 0.3) is 5.91 Å². The van der Waals surface area contributed by atoms with E-state index in [0.717, 1.165) is 32.1 Å². The summed E-state index contributed by atoms with van der Waals surface area (Å²) in [5, 5.41) is 16.1. The van der Waals surface area contributed by atoms with Crippen molar-refractivity contribution in [1.29, 1.82) is 0 Å². The first-order valence-corrected chi connectivity index (χ1v) is 14.5. The zero-order valence-electron chi connectivity index (χ0n) is 22.8. The molecule has 0 spiro atoms. The van der Waals surface area contributed by atoms with Crippen LogP contribution in [0.1, 0.15) is 54.7 Å². The predicted molar refractivity (Wildman–Crippen MR) is 141 cm³/mol. The average molecular weight is 560 g/mol. The van der Waals surface area contributed by atoms with E-state index in [2.05, 4.69) is 30.7 Å². The summed E-state index contributed by atoms with van der Waals surface area (Å²) in [7, 11) is 0. The lowest BCUT2D eigenvalue weighted by Crippen LogP contribution is -2.61. The lowest BCUT2D eigenvalue weighted by Gasteiger charge is -2.61. The van der Waals surface area contributed by atoms with Crippen LogP contribution >= 0.6 is 0 Å². The maximum atomic E-state index is 14.5. The highest BCUT2D eigenvalue weighted by atomic mass is 16.5. The number of nitrogens with zero attached hydrogens (tertiary/aromatic N) is 8. The number of carbonyl (C=O) groups excluding carboxylic acids is 2. The normalized spacial score (nSPS) is 34.3. The maximum absolute atomic E-state index is 14.5. The Morgan fingerprint density at radius 1 is 1.15 bits per heavy atom. The largest absolute Gasteiger partial charge is 0.489 e. The Hall–Kier alpha value is -3.87. The minimum atomic E-state index is -0.428. The summed E-state index contributed by atoms with van der Waals surface area (Å²) in [6.45, 7) is 1.79. The number of rotatable bonds is 2.